The lowest BCUT2D eigenvalue weighted by atomic mass is 10.1. The highest BCUT2D eigenvalue weighted by Crippen LogP contribution is 2.35. The van der Waals surface area contributed by atoms with Gasteiger partial charge in [0.05, 0.1) is 0 Å². The molecule has 2 aromatic carbocycles. The fraction of sp³-hybridized carbons (Fsp3) is 0.440. The number of benzene rings is 2. The number of carbonyl (C=O) groups excluding carboxylic acids is 2. The maximum atomic E-state index is 13.4. The molecule has 0 spiro atoms. The molecule has 3 N–H and O–H groups in total. The van der Waals surface area contributed by atoms with Crippen LogP contribution in [0.25, 0.3) is 0 Å². The van der Waals surface area contributed by atoms with E-state index >= 15 is 0 Å². The van der Waals surface area contributed by atoms with Gasteiger partial charge in [-0.05, 0) is 56.0 Å². The molecule has 1 saturated heterocycles. The van der Waals surface area contributed by atoms with Crippen molar-refractivity contribution in [2.45, 2.75) is 50.9 Å². The van der Waals surface area contributed by atoms with Crippen LogP contribution in [0.4, 0.5) is 4.39 Å². The summed E-state index contributed by atoms with van der Waals surface area (Å²) in [7, 11) is 0. The van der Waals surface area contributed by atoms with E-state index in [1.165, 1.54) is 35.4 Å². The van der Waals surface area contributed by atoms with Gasteiger partial charge < -0.3 is 16.0 Å². The largest absolute Gasteiger partial charge is 0.353 e. The zero-order valence-corrected chi connectivity index (χ0v) is 18.5. The van der Waals surface area contributed by atoms with Gasteiger partial charge >= 0.3 is 0 Å². The summed E-state index contributed by atoms with van der Waals surface area (Å²) in [4.78, 5) is 30.3. The second-order valence-electron chi connectivity index (χ2n) is 8.84. The smallest absolute Gasteiger partial charge is 0.254 e. The van der Waals surface area contributed by atoms with Crippen LogP contribution >= 0.6 is 0 Å². The minimum Gasteiger partial charge on any atom is -0.353 e. The van der Waals surface area contributed by atoms with Crippen LogP contribution < -0.4 is 11.1 Å². The molecule has 2 aliphatic rings. The summed E-state index contributed by atoms with van der Waals surface area (Å²) in [6.07, 6.45) is 2.85. The number of nitrogens with one attached hydrogen (secondary N) is 1. The standard InChI is InChI=1S/C25H31FN4O2/c1-17-2-4-18(5-3-17)15-29(21-10-11-21)22-14-23(24(31)28-13-12-27)30(16-22)25(32)19-6-8-20(26)9-7-19/h2-9,21-23H,10-16,27H2,1H3,(H,28,31). The second-order valence-corrected chi connectivity index (χ2v) is 8.84. The summed E-state index contributed by atoms with van der Waals surface area (Å²) in [5.74, 6) is -0.818. The Morgan fingerprint density at radius 2 is 1.78 bits per heavy atom. The molecule has 170 valence electrons. The van der Waals surface area contributed by atoms with Crippen molar-refractivity contribution in [1.29, 1.82) is 0 Å². The molecule has 0 aromatic heterocycles. The first-order chi connectivity index (χ1) is 15.5. The van der Waals surface area contributed by atoms with Crippen molar-refractivity contribution >= 4 is 11.8 Å². The molecule has 2 aromatic rings. The number of nitrogens with zero attached hydrogens (tertiary/aromatic N) is 2. The number of likely N-dealkylation sites (tertiary alicyclic amines) is 1. The van der Waals surface area contributed by atoms with Gasteiger partial charge in [0.2, 0.25) is 5.91 Å². The van der Waals surface area contributed by atoms with Gasteiger partial charge in [0.1, 0.15) is 11.9 Å². The normalized spacial score (nSPS) is 20.6. The summed E-state index contributed by atoms with van der Waals surface area (Å²) in [6, 6.07) is 14.0. The Bertz CT molecular complexity index is 943. The Morgan fingerprint density at radius 3 is 2.41 bits per heavy atom. The van der Waals surface area contributed by atoms with Crippen molar-refractivity contribution in [3.63, 3.8) is 0 Å². The number of halogens is 1. The lowest BCUT2D eigenvalue weighted by molar-refractivity contribution is -0.124. The SMILES string of the molecule is Cc1ccc(CN(C2CC2)C2CC(C(=O)NCCN)N(C(=O)c3ccc(F)cc3)C2)cc1. The van der Waals surface area contributed by atoms with Crippen molar-refractivity contribution < 1.29 is 14.0 Å². The molecule has 1 aliphatic heterocycles. The number of hydrogen-bond acceptors (Lipinski definition) is 4. The predicted octanol–water partition coefficient (Wildman–Crippen LogP) is 2.46. The van der Waals surface area contributed by atoms with Crippen LogP contribution in [0.15, 0.2) is 48.5 Å². The van der Waals surface area contributed by atoms with E-state index in [0.717, 1.165) is 19.4 Å². The van der Waals surface area contributed by atoms with Crippen LogP contribution in [0.2, 0.25) is 0 Å². The van der Waals surface area contributed by atoms with Gasteiger partial charge in [-0.25, -0.2) is 4.39 Å². The fourth-order valence-electron chi connectivity index (χ4n) is 4.47. The first kappa shape index (κ1) is 22.4. The Balaban J connectivity index is 1.55. The molecule has 0 radical (unpaired) electrons. The summed E-state index contributed by atoms with van der Waals surface area (Å²) >= 11 is 0. The van der Waals surface area contributed by atoms with E-state index in [4.69, 9.17) is 5.73 Å². The first-order valence-corrected chi connectivity index (χ1v) is 11.3. The van der Waals surface area contributed by atoms with Crippen LogP contribution in [-0.4, -0.2) is 59.4 Å². The highest BCUT2D eigenvalue weighted by molar-refractivity contribution is 5.98. The Labute approximate surface area is 188 Å². The van der Waals surface area contributed by atoms with E-state index in [0.29, 0.717) is 37.7 Å². The summed E-state index contributed by atoms with van der Waals surface area (Å²) in [5, 5.41) is 2.84. The molecule has 2 amide bonds. The Morgan fingerprint density at radius 1 is 1.09 bits per heavy atom. The molecule has 32 heavy (non-hydrogen) atoms. The van der Waals surface area contributed by atoms with Crippen molar-refractivity contribution in [1.82, 2.24) is 15.1 Å². The second kappa shape index (κ2) is 9.79. The molecular weight excluding hydrogens is 407 g/mol. The lowest BCUT2D eigenvalue weighted by Gasteiger charge is -2.29. The van der Waals surface area contributed by atoms with E-state index in [1.54, 1.807) is 4.90 Å². The molecule has 2 unspecified atom stereocenters. The third kappa shape index (κ3) is 5.16. The highest BCUT2D eigenvalue weighted by atomic mass is 19.1. The monoisotopic (exact) mass is 438 g/mol. The van der Waals surface area contributed by atoms with Crippen molar-refractivity contribution in [3.05, 3.63) is 71.0 Å². The molecule has 2 atom stereocenters. The van der Waals surface area contributed by atoms with Crippen LogP contribution in [-0.2, 0) is 11.3 Å². The average molecular weight is 439 g/mol. The molecule has 6 nitrogen and oxygen atoms in total. The summed E-state index contributed by atoms with van der Waals surface area (Å²) < 4.78 is 13.4. The topological polar surface area (TPSA) is 78.7 Å². The van der Waals surface area contributed by atoms with Gasteiger partial charge in [0, 0.05) is 43.8 Å². The highest BCUT2D eigenvalue weighted by Gasteiger charge is 2.45. The van der Waals surface area contributed by atoms with Crippen molar-refractivity contribution in [2.24, 2.45) is 5.73 Å². The molecule has 1 aliphatic carbocycles. The summed E-state index contributed by atoms with van der Waals surface area (Å²) in [5.41, 5.74) is 8.40. The van der Waals surface area contributed by atoms with Gasteiger partial charge in [-0.2, -0.15) is 0 Å². The molecule has 1 heterocycles. The maximum absolute atomic E-state index is 13.4. The number of nitrogens with two attached hydrogens (primary N) is 1. The number of hydrogen-bond donors (Lipinski definition) is 2. The van der Waals surface area contributed by atoms with Gasteiger partial charge in [-0.3, -0.25) is 14.5 Å². The maximum Gasteiger partial charge on any atom is 0.254 e. The van der Waals surface area contributed by atoms with E-state index < -0.39 is 11.9 Å². The van der Waals surface area contributed by atoms with Gasteiger partial charge in [-0.15, -0.1) is 0 Å². The number of carbonyl (C=O) groups is 2. The van der Waals surface area contributed by atoms with E-state index in [2.05, 4.69) is 41.4 Å². The minimum absolute atomic E-state index is 0.0850. The Kier molecular flexibility index (Phi) is 6.86. The molecule has 1 saturated carbocycles. The summed E-state index contributed by atoms with van der Waals surface area (Å²) in [6.45, 7) is 4.05. The molecule has 2 fully saturated rings. The van der Waals surface area contributed by atoms with Crippen molar-refractivity contribution in [3.8, 4) is 0 Å². The number of aryl methyl sites for hydroxylation is 1. The fourth-order valence-corrected chi connectivity index (χ4v) is 4.47. The molecular formula is C25H31FN4O2. The quantitative estimate of drug-likeness (QED) is 0.664. The van der Waals surface area contributed by atoms with E-state index in [9.17, 15) is 14.0 Å². The molecule has 4 rings (SSSR count). The third-order valence-corrected chi connectivity index (χ3v) is 6.35. The minimum atomic E-state index is -0.566. The molecule has 0 bridgehead atoms. The van der Waals surface area contributed by atoms with E-state index in [1.807, 2.05) is 0 Å². The Hall–Kier alpha value is -2.77. The average Bonchev–Trinajstić information content (AvgIpc) is 3.54. The lowest BCUT2D eigenvalue weighted by Crippen LogP contribution is -2.47. The van der Waals surface area contributed by atoms with Crippen LogP contribution in [0.3, 0.4) is 0 Å². The van der Waals surface area contributed by atoms with Gasteiger partial charge in [0.25, 0.3) is 5.91 Å². The van der Waals surface area contributed by atoms with Crippen LogP contribution in [0, 0.1) is 12.7 Å². The first-order valence-electron chi connectivity index (χ1n) is 11.3. The van der Waals surface area contributed by atoms with Crippen molar-refractivity contribution in [2.75, 3.05) is 19.6 Å². The zero-order valence-electron chi connectivity index (χ0n) is 18.5. The number of rotatable bonds is 8. The number of amides is 2. The molecule has 7 heteroatoms. The van der Waals surface area contributed by atoms with Crippen LogP contribution in [0.5, 0.6) is 0 Å². The zero-order chi connectivity index (χ0) is 22.7. The predicted molar refractivity (Wildman–Crippen MR) is 121 cm³/mol. The van der Waals surface area contributed by atoms with Crippen LogP contribution in [0.1, 0.15) is 40.7 Å². The van der Waals surface area contributed by atoms with Gasteiger partial charge in [0.15, 0.2) is 0 Å². The third-order valence-electron chi connectivity index (χ3n) is 6.35. The van der Waals surface area contributed by atoms with E-state index in [-0.39, 0.29) is 17.9 Å². The van der Waals surface area contributed by atoms with Gasteiger partial charge in [-0.1, -0.05) is 29.8 Å².